The minimum atomic E-state index is 0.159. The fraction of sp³-hybridized carbons (Fsp3) is 0.900. The van der Waals surface area contributed by atoms with Gasteiger partial charge in [0.25, 0.3) is 0 Å². The molecule has 2 aliphatic heterocycles. The van der Waals surface area contributed by atoms with E-state index in [0.29, 0.717) is 12.5 Å². The van der Waals surface area contributed by atoms with Crippen molar-refractivity contribution in [3.63, 3.8) is 0 Å². The maximum atomic E-state index is 11.8. The highest BCUT2D eigenvalue weighted by Gasteiger charge is 2.27. The minimum Gasteiger partial charge on any atom is -0.381 e. The number of rotatable bonds is 1. The molecule has 2 rings (SSSR count). The Morgan fingerprint density at radius 3 is 2.62 bits per heavy atom. The van der Waals surface area contributed by atoms with E-state index in [1.54, 1.807) is 0 Å². The van der Waals surface area contributed by atoms with Gasteiger partial charge in [-0.15, -0.1) is 0 Å². The summed E-state index contributed by atoms with van der Waals surface area (Å²) in [5.41, 5.74) is 0. The summed E-state index contributed by atoms with van der Waals surface area (Å²) in [6.07, 6.45) is 4.43. The number of carbonyl (C=O) groups is 1. The first-order valence-corrected chi connectivity index (χ1v) is 5.24. The molecule has 0 saturated carbocycles. The van der Waals surface area contributed by atoms with E-state index >= 15 is 0 Å². The van der Waals surface area contributed by atoms with Crippen LogP contribution in [0.5, 0.6) is 0 Å². The van der Waals surface area contributed by atoms with Gasteiger partial charge in [0.05, 0.1) is 12.5 Å². The van der Waals surface area contributed by atoms with Crippen molar-refractivity contribution in [2.45, 2.75) is 25.7 Å². The molecule has 74 valence electrons. The third-order valence-corrected chi connectivity index (χ3v) is 2.93. The second-order valence-corrected chi connectivity index (χ2v) is 3.95. The molecule has 0 spiro atoms. The van der Waals surface area contributed by atoms with E-state index < -0.39 is 0 Å². The van der Waals surface area contributed by atoms with E-state index in [9.17, 15) is 4.79 Å². The van der Waals surface area contributed by atoms with Crippen molar-refractivity contribution < 1.29 is 9.53 Å². The summed E-state index contributed by atoms with van der Waals surface area (Å²) in [6, 6.07) is 0. The number of likely N-dealkylation sites (tertiary alicyclic amines) is 1. The van der Waals surface area contributed by atoms with Gasteiger partial charge in [0.15, 0.2) is 0 Å². The third-order valence-electron chi connectivity index (χ3n) is 2.93. The average Bonchev–Trinajstić information content (AvgIpc) is 2.71. The number of hydrogen-bond donors (Lipinski definition) is 0. The summed E-state index contributed by atoms with van der Waals surface area (Å²) < 4.78 is 5.32. The van der Waals surface area contributed by atoms with Crippen LogP contribution in [0, 0.1) is 5.92 Å². The van der Waals surface area contributed by atoms with Crippen LogP contribution in [-0.2, 0) is 9.53 Å². The molecule has 0 aromatic rings. The fourth-order valence-corrected chi connectivity index (χ4v) is 2.13. The van der Waals surface area contributed by atoms with Crippen molar-refractivity contribution in [3.05, 3.63) is 0 Å². The molecular formula is C10H17NO2. The van der Waals surface area contributed by atoms with E-state index in [0.717, 1.165) is 32.5 Å². The molecule has 2 heterocycles. The first-order chi connectivity index (χ1) is 6.38. The van der Waals surface area contributed by atoms with Crippen LogP contribution in [0.1, 0.15) is 25.7 Å². The molecule has 0 bridgehead atoms. The molecule has 2 aliphatic rings. The molecule has 3 heteroatoms. The van der Waals surface area contributed by atoms with Crippen LogP contribution in [0.25, 0.3) is 0 Å². The molecule has 13 heavy (non-hydrogen) atoms. The first kappa shape index (κ1) is 9.00. The molecular weight excluding hydrogens is 166 g/mol. The van der Waals surface area contributed by atoms with Crippen LogP contribution in [0.3, 0.4) is 0 Å². The van der Waals surface area contributed by atoms with E-state index in [2.05, 4.69) is 0 Å². The molecule has 2 fully saturated rings. The zero-order valence-electron chi connectivity index (χ0n) is 8.00. The van der Waals surface area contributed by atoms with Crippen LogP contribution in [0.4, 0.5) is 0 Å². The number of ether oxygens (including phenoxy) is 1. The molecule has 1 atom stereocenters. The number of hydrogen-bond acceptors (Lipinski definition) is 2. The predicted molar refractivity (Wildman–Crippen MR) is 49.4 cm³/mol. The fourth-order valence-electron chi connectivity index (χ4n) is 2.13. The van der Waals surface area contributed by atoms with Crippen molar-refractivity contribution in [1.82, 2.24) is 4.90 Å². The summed E-state index contributed by atoms with van der Waals surface area (Å²) in [6.45, 7) is 3.42. The third kappa shape index (κ3) is 2.02. The van der Waals surface area contributed by atoms with Crippen molar-refractivity contribution >= 4 is 5.91 Å². The minimum absolute atomic E-state index is 0.159. The molecule has 0 aliphatic carbocycles. The van der Waals surface area contributed by atoms with Gasteiger partial charge in [0.2, 0.25) is 5.91 Å². The Morgan fingerprint density at radius 2 is 2.00 bits per heavy atom. The van der Waals surface area contributed by atoms with Gasteiger partial charge in [-0.05, 0) is 25.7 Å². The molecule has 1 unspecified atom stereocenters. The Labute approximate surface area is 79.0 Å². The summed E-state index contributed by atoms with van der Waals surface area (Å²) in [5, 5.41) is 0. The van der Waals surface area contributed by atoms with Crippen molar-refractivity contribution in [2.24, 2.45) is 5.92 Å². The second kappa shape index (κ2) is 4.09. The van der Waals surface area contributed by atoms with Crippen LogP contribution >= 0.6 is 0 Å². The Bertz CT molecular complexity index is 181. The van der Waals surface area contributed by atoms with Gasteiger partial charge in [-0.2, -0.15) is 0 Å². The monoisotopic (exact) mass is 183 g/mol. The Hall–Kier alpha value is -0.570. The highest BCUT2D eigenvalue weighted by Crippen LogP contribution is 2.19. The van der Waals surface area contributed by atoms with Crippen LogP contribution in [0.15, 0.2) is 0 Å². The largest absolute Gasteiger partial charge is 0.381 e. The summed E-state index contributed by atoms with van der Waals surface area (Å²) in [5.74, 6) is 0.490. The van der Waals surface area contributed by atoms with E-state index in [1.165, 1.54) is 12.8 Å². The highest BCUT2D eigenvalue weighted by atomic mass is 16.5. The predicted octanol–water partition coefficient (Wildman–Crippen LogP) is 1.04. The van der Waals surface area contributed by atoms with Gasteiger partial charge in [-0.25, -0.2) is 0 Å². The highest BCUT2D eigenvalue weighted by molar-refractivity contribution is 5.79. The lowest BCUT2D eigenvalue weighted by Gasteiger charge is -2.25. The van der Waals surface area contributed by atoms with Crippen LogP contribution in [-0.4, -0.2) is 37.1 Å². The lowest BCUT2D eigenvalue weighted by molar-refractivity contribution is -0.138. The van der Waals surface area contributed by atoms with Gasteiger partial charge in [0.1, 0.15) is 0 Å². The lowest BCUT2D eigenvalue weighted by atomic mass is 10.0. The molecule has 3 nitrogen and oxygen atoms in total. The Kier molecular flexibility index (Phi) is 2.83. The normalized spacial score (nSPS) is 29.2. The van der Waals surface area contributed by atoms with Crippen LogP contribution < -0.4 is 0 Å². The quantitative estimate of drug-likeness (QED) is 0.608. The zero-order valence-corrected chi connectivity index (χ0v) is 8.00. The Morgan fingerprint density at radius 1 is 1.23 bits per heavy atom. The first-order valence-electron chi connectivity index (χ1n) is 5.24. The summed E-state index contributed by atoms with van der Waals surface area (Å²) >= 11 is 0. The summed E-state index contributed by atoms with van der Waals surface area (Å²) in [7, 11) is 0. The molecule has 0 aromatic carbocycles. The molecule has 0 aromatic heterocycles. The van der Waals surface area contributed by atoms with E-state index in [1.807, 2.05) is 4.90 Å². The maximum Gasteiger partial charge on any atom is 0.228 e. The van der Waals surface area contributed by atoms with Gasteiger partial charge >= 0.3 is 0 Å². The second-order valence-electron chi connectivity index (χ2n) is 3.95. The smallest absolute Gasteiger partial charge is 0.228 e. The number of nitrogens with zero attached hydrogens (tertiary/aromatic N) is 1. The zero-order chi connectivity index (χ0) is 9.10. The van der Waals surface area contributed by atoms with Gasteiger partial charge in [0, 0.05) is 19.7 Å². The summed E-state index contributed by atoms with van der Waals surface area (Å²) in [4.78, 5) is 13.8. The molecule has 0 N–H and O–H groups in total. The van der Waals surface area contributed by atoms with Crippen molar-refractivity contribution in [1.29, 1.82) is 0 Å². The van der Waals surface area contributed by atoms with Crippen molar-refractivity contribution in [2.75, 3.05) is 26.3 Å². The average molecular weight is 183 g/mol. The van der Waals surface area contributed by atoms with Crippen LogP contribution in [0.2, 0.25) is 0 Å². The van der Waals surface area contributed by atoms with E-state index in [-0.39, 0.29) is 5.92 Å². The standard InChI is InChI=1S/C10H17NO2/c12-10(11-5-1-2-6-11)9-4-3-7-13-8-9/h9H,1-8H2. The van der Waals surface area contributed by atoms with E-state index in [4.69, 9.17) is 4.74 Å². The topological polar surface area (TPSA) is 29.5 Å². The van der Waals surface area contributed by atoms with Gasteiger partial charge < -0.3 is 9.64 Å². The number of carbonyl (C=O) groups excluding carboxylic acids is 1. The molecule has 2 saturated heterocycles. The lowest BCUT2D eigenvalue weighted by Crippen LogP contribution is -2.37. The van der Waals surface area contributed by atoms with Gasteiger partial charge in [-0.1, -0.05) is 0 Å². The molecule has 1 amide bonds. The Balaban J connectivity index is 1.87. The SMILES string of the molecule is O=C(C1CCCOC1)N1CCCC1. The maximum absolute atomic E-state index is 11.8. The molecule has 0 radical (unpaired) electrons. The number of amides is 1. The van der Waals surface area contributed by atoms with Crippen molar-refractivity contribution in [3.8, 4) is 0 Å². The van der Waals surface area contributed by atoms with Gasteiger partial charge in [-0.3, -0.25) is 4.79 Å².